The first kappa shape index (κ1) is 17.4. The van der Waals surface area contributed by atoms with E-state index in [4.69, 9.17) is 8.94 Å². The van der Waals surface area contributed by atoms with Gasteiger partial charge in [-0.3, -0.25) is 14.6 Å². The molecule has 4 rings (SSSR count). The SMILES string of the molecule is O=C(Cc1noc(C(=O)NCc2ccco2)n1)Nc1cccc2ncccc12. The number of furan rings is 1. The number of pyridine rings is 1. The van der Waals surface area contributed by atoms with Crippen LogP contribution < -0.4 is 10.6 Å². The lowest BCUT2D eigenvalue weighted by atomic mass is 10.2. The normalized spacial score (nSPS) is 10.7. The van der Waals surface area contributed by atoms with E-state index in [1.807, 2.05) is 12.1 Å². The zero-order chi connectivity index (χ0) is 19.3. The maximum absolute atomic E-state index is 12.3. The van der Waals surface area contributed by atoms with Gasteiger partial charge in [-0.2, -0.15) is 4.98 Å². The van der Waals surface area contributed by atoms with E-state index in [0.717, 1.165) is 10.9 Å². The lowest BCUT2D eigenvalue weighted by molar-refractivity contribution is -0.115. The number of nitrogens with zero attached hydrogens (tertiary/aromatic N) is 3. The quantitative estimate of drug-likeness (QED) is 0.528. The summed E-state index contributed by atoms with van der Waals surface area (Å²) in [6.07, 6.45) is 3.06. The van der Waals surface area contributed by atoms with Gasteiger partial charge in [-0.15, -0.1) is 0 Å². The summed E-state index contributed by atoms with van der Waals surface area (Å²) in [7, 11) is 0. The summed E-state index contributed by atoms with van der Waals surface area (Å²) in [5.41, 5.74) is 1.41. The molecular formula is C19H15N5O4. The van der Waals surface area contributed by atoms with E-state index in [-0.39, 0.29) is 30.6 Å². The van der Waals surface area contributed by atoms with Gasteiger partial charge < -0.3 is 19.6 Å². The van der Waals surface area contributed by atoms with Crippen LogP contribution in [0.15, 0.2) is 63.9 Å². The van der Waals surface area contributed by atoms with Crippen molar-refractivity contribution in [3.8, 4) is 0 Å². The van der Waals surface area contributed by atoms with Crippen LogP contribution in [0.4, 0.5) is 5.69 Å². The van der Waals surface area contributed by atoms with E-state index >= 15 is 0 Å². The van der Waals surface area contributed by atoms with E-state index in [1.165, 1.54) is 6.26 Å². The summed E-state index contributed by atoms with van der Waals surface area (Å²) in [5, 5.41) is 9.90. The average molecular weight is 377 g/mol. The highest BCUT2D eigenvalue weighted by Gasteiger charge is 2.17. The zero-order valence-electron chi connectivity index (χ0n) is 14.6. The Hall–Kier alpha value is -4.01. The molecule has 0 radical (unpaired) electrons. The molecule has 0 saturated carbocycles. The van der Waals surface area contributed by atoms with E-state index in [2.05, 4.69) is 25.8 Å². The molecule has 2 N–H and O–H groups in total. The van der Waals surface area contributed by atoms with Gasteiger partial charge in [0, 0.05) is 11.6 Å². The molecule has 1 aromatic carbocycles. The highest BCUT2D eigenvalue weighted by Crippen LogP contribution is 2.21. The summed E-state index contributed by atoms with van der Waals surface area (Å²) >= 11 is 0. The molecule has 0 saturated heterocycles. The number of anilines is 1. The summed E-state index contributed by atoms with van der Waals surface area (Å²) in [6, 6.07) is 12.6. The first-order valence-electron chi connectivity index (χ1n) is 8.46. The molecule has 4 aromatic rings. The third-order valence-electron chi connectivity index (χ3n) is 3.90. The average Bonchev–Trinajstić information content (AvgIpc) is 3.38. The first-order chi connectivity index (χ1) is 13.7. The number of nitrogens with one attached hydrogen (secondary N) is 2. The Morgan fingerprint density at radius 1 is 1.07 bits per heavy atom. The van der Waals surface area contributed by atoms with E-state index < -0.39 is 5.91 Å². The third-order valence-corrected chi connectivity index (χ3v) is 3.90. The number of hydrogen-bond acceptors (Lipinski definition) is 7. The van der Waals surface area contributed by atoms with E-state index in [0.29, 0.717) is 11.4 Å². The van der Waals surface area contributed by atoms with Crippen LogP contribution in [0.1, 0.15) is 22.3 Å². The Kier molecular flexibility index (Phi) is 4.79. The molecule has 0 bridgehead atoms. The number of amides is 2. The second-order valence-electron chi connectivity index (χ2n) is 5.88. The van der Waals surface area contributed by atoms with Gasteiger partial charge >= 0.3 is 11.8 Å². The molecular weight excluding hydrogens is 362 g/mol. The Bertz CT molecular complexity index is 1120. The van der Waals surface area contributed by atoms with Crippen LogP contribution >= 0.6 is 0 Å². The number of fused-ring (bicyclic) bond motifs is 1. The lowest BCUT2D eigenvalue weighted by Gasteiger charge is -2.07. The fourth-order valence-corrected chi connectivity index (χ4v) is 2.62. The van der Waals surface area contributed by atoms with Crippen LogP contribution in [-0.2, 0) is 17.8 Å². The van der Waals surface area contributed by atoms with Crippen molar-refractivity contribution in [2.75, 3.05) is 5.32 Å². The number of hydrogen-bond donors (Lipinski definition) is 2. The van der Waals surface area contributed by atoms with Crippen LogP contribution in [-0.4, -0.2) is 26.9 Å². The Balaban J connectivity index is 1.38. The maximum Gasteiger partial charge on any atom is 0.315 e. The molecule has 28 heavy (non-hydrogen) atoms. The molecule has 0 aliphatic heterocycles. The number of carbonyl (C=O) groups excluding carboxylic acids is 2. The van der Waals surface area contributed by atoms with Gasteiger partial charge in [0.05, 0.1) is 30.4 Å². The minimum atomic E-state index is -0.546. The van der Waals surface area contributed by atoms with Gasteiger partial charge in [-0.05, 0) is 36.4 Å². The Labute approximate surface area is 158 Å². The molecule has 3 heterocycles. The van der Waals surface area contributed by atoms with Gasteiger partial charge in [0.25, 0.3) is 0 Å². The molecule has 140 valence electrons. The smallest absolute Gasteiger partial charge is 0.315 e. The van der Waals surface area contributed by atoms with Crippen molar-refractivity contribution in [2.24, 2.45) is 0 Å². The van der Waals surface area contributed by atoms with Crippen LogP contribution in [0.25, 0.3) is 10.9 Å². The predicted molar refractivity (Wildman–Crippen MR) is 98.3 cm³/mol. The molecule has 9 heteroatoms. The van der Waals surface area contributed by atoms with Crippen molar-refractivity contribution in [1.29, 1.82) is 0 Å². The topological polar surface area (TPSA) is 123 Å². The van der Waals surface area contributed by atoms with Crippen molar-refractivity contribution >= 4 is 28.4 Å². The van der Waals surface area contributed by atoms with E-state index in [9.17, 15) is 9.59 Å². The van der Waals surface area contributed by atoms with Crippen molar-refractivity contribution in [3.05, 3.63) is 72.4 Å². The molecule has 0 fully saturated rings. The molecule has 0 aliphatic rings. The number of carbonyl (C=O) groups is 2. The summed E-state index contributed by atoms with van der Waals surface area (Å²) in [4.78, 5) is 32.5. The largest absolute Gasteiger partial charge is 0.467 e. The number of benzene rings is 1. The zero-order valence-corrected chi connectivity index (χ0v) is 14.6. The van der Waals surface area contributed by atoms with Crippen LogP contribution in [0, 0.1) is 0 Å². The molecule has 9 nitrogen and oxygen atoms in total. The summed E-state index contributed by atoms with van der Waals surface area (Å²) in [5.74, 6) is -0.393. The maximum atomic E-state index is 12.3. The summed E-state index contributed by atoms with van der Waals surface area (Å²) in [6.45, 7) is 0.194. The second-order valence-corrected chi connectivity index (χ2v) is 5.88. The highest BCUT2D eigenvalue weighted by atomic mass is 16.5. The molecule has 0 spiro atoms. The van der Waals surface area contributed by atoms with E-state index in [1.54, 1.807) is 36.5 Å². The predicted octanol–water partition coefficient (Wildman–Crippen LogP) is 2.32. The number of aromatic nitrogens is 3. The molecule has 2 amide bonds. The fraction of sp³-hybridized carbons (Fsp3) is 0.105. The standard InChI is InChI=1S/C19H15N5O4/c25-17(22-15-7-1-6-14-13(15)5-2-8-20-14)10-16-23-19(28-24-16)18(26)21-11-12-4-3-9-27-12/h1-9H,10-11H2,(H,21,26)(H,22,25). The van der Waals surface area contributed by atoms with Crippen LogP contribution in [0.5, 0.6) is 0 Å². The Morgan fingerprint density at radius 3 is 2.86 bits per heavy atom. The van der Waals surface area contributed by atoms with Crippen LogP contribution in [0.2, 0.25) is 0 Å². The van der Waals surface area contributed by atoms with Crippen LogP contribution in [0.3, 0.4) is 0 Å². The second kappa shape index (κ2) is 7.70. The van der Waals surface area contributed by atoms with Gasteiger partial charge in [0.1, 0.15) is 5.76 Å². The minimum Gasteiger partial charge on any atom is -0.467 e. The number of rotatable bonds is 6. The van der Waals surface area contributed by atoms with Crippen molar-refractivity contribution in [2.45, 2.75) is 13.0 Å². The molecule has 0 atom stereocenters. The van der Waals surface area contributed by atoms with Gasteiger partial charge in [-0.25, -0.2) is 0 Å². The Morgan fingerprint density at radius 2 is 2.00 bits per heavy atom. The lowest BCUT2D eigenvalue weighted by Crippen LogP contribution is -2.23. The molecule has 0 aliphatic carbocycles. The molecule has 0 unspecified atom stereocenters. The molecule has 3 aromatic heterocycles. The van der Waals surface area contributed by atoms with Crippen molar-refractivity contribution < 1.29 is 18.5 Å². The van der Waals surface area contributed by atoms with Crippen molar-refractivity contribution in [1.82, 2.24) is 20.4 Å². The third kappa shape index (κ3) is 3.88. The summed E-state index contributed by atoms with van der Waals surface area (Å²) < 4.78 is 10.0. The fourth-order valence-electron chi connectivity index (χ4n) is 2.62. The van der Waals surface area contributed by atoms with Gasteiger partial charge in [0.2, 0.25) is 5.91 Å². The monoisotopic (exact) mass is 377 g/mol. The van der Waals surface area contributed by atoms with Gasteiger partial charge in [-0.1, -0.05) is 11.2 Å². The van der Waals surface area contributed by atoms with Gasteiger partial charge in [0.15, 0.2) is 5.82 Å². The highest BCUT2D eigenvalue weighted by molar-refractivity contribution is 6.01. The minimum absolute atomic E-state index is 0.110. The first-order valence-corrected chi connectivity index (χ1v) is 8.46. The van der Waals surface area contributed by atoms with Crippen molar-refractivity contribution in [3.63, 3.8) is 0 Å².